The standard InChI is InChI=1S/C27H31NO3/c1-29-24-18-21(19-25(30-2)26(24)31-3)20-28-16-14-27(15-17-28,22-10-6-4-7-11-22)23-12-8-5-9-13-23/h4-13,18-19H,14-17,20H2,1-3H3. The first-order valence-corrected chi connectivity index (χ1v) is 10.8. The van der Waals surface area contributed by atoms with Crippen LogP contribution in [0, 0.1) is 0 Å². The van der Waals surface area contributed by atoms with Crippen molar-refractivity contribution in [1.29, 1.82) is 0 Å². The molecule has 3 aromatic carbocycles. The Balaban J connectivity index is 1.56. The van der Waals surface area contributed by atoms with Crippen LogP contribution in [0.1, 0.15) is 29.5 Å². The molecule has 1 saturated heterocycles. The van der Waals surface area contributed by atoms with Crippen molar-refractivity contribution < 1.29 is 14.2 Å². The van der Waals surface area contributed by atoms with Crippen LogP contribution in [-0.4, -0.2) is 39.3 Å². The number of methoxy groups -OCH3 is 3. The first-order chi connectivity index (χ1) is 15.2. The maximum atomic E-state index is 5.53. The van der Waals surface area contributed by atoms with Crippen LogP contribution in [-0.2, 0) is 12.0 Å². The molecule has 4 rings (SSSR count). The molecule has 0 bridgehead atoms. The fourth-order valence-electron chi connectivity index (χ4n) is 4.84. The second kappa shape index (κ2) is 9.44. The molecular formula is C27H31NO3. The van der Waals surface area contributed by atoms with Gasteiger partial charge in [-0.1, -0.05) is 60.7 Å². The Morgan fingerprint density at radius 3 is 1.61 bits per heavy atom. The second-order valence-electron chi connectivity index (χ2n) is 8.12. The van der Waals surface area contributed by atoms with Crippen molar-refractivity contribution in [3.63, 3.8) is 0 Å². The summed E-state index contributed by atoms with van der Waals surface area (Å²) in [5.74, 6) is 2.05. The highest BCUT2D eigenvalue weighted by Gasteiger charge is 2.37. The molecule has 0 N–H and O–H groups in total. The molecule has 0 saturated carbocycles. The van der Waals surface area contributed by atoms with Gasteiger partial charge in [0.25, 0.3) is 0 Å². The van der Waals surface area contributed by atoms with Crippen molar-refractivity contribution in [2.75, 3.05) is 34.4 Å². The van der Waals surface area contributed by atoms with Crippen LogP contribution < -0.4 is 14.2 Å². The van der Waals surface area contributed by atoms with Crippen molar-refractivity contribution in [3.8, 4) is 17.2 Å². The van der Waals surface area contributed by atoms with Gasteiger partial charge in [-0.15, -0.1) is 0 Å². The largest absolute Gasteiger partial charge is 0.493 e. The number of benzene rings is 3. The predicted molar refractivity (Wildman–Crippen MR) is 124 cm³/mol. The third-order valence-corrected chi connectivity index (χ3v) is 6.49. The zero-order chi connectivity index (χ0) is 21.7. The van der Waals surface area contributed by atoms with Gasteiger partial charge in [-0.05, 0) is 54.8 Å². The lowest BCUT2D eigenvalue weighted by molar-refractivity contribution is 0.172. The van der Waals surface area contributed by atoms with Crippen LogP contribution in [0.15, 0.2) is 72.8 Å². The summed E-state index contributed by atoms with van der Waals surface area (Å²) < 4.78 is 16.5. The molecule has 0 unspecified atom stereocenters. The van der Waals surface area contributed by atoms with E-state index in [2.05, 4.69) is 77.7 Å². The minimum Gasteiger partial charge on any atom is -0.493 e. The molecule has 3 aromatic rings. The molecule has 1 aliphatic heterocycles. The number of hydrogen-bond acceptors (Lipinski definition) is 4. The van der Waals surface area contributed by atoms with Crippen molar-refractivity contribution in [1.82, 2.24) is 4.90 Å². The summed E-state index contributed by atoms with van der Waals surface area (Å²) in [6.45, 7) is 2.91. The fraction of sp³-hybridized carbons (Fsp3) is 0.333. The Kier molecular flexibility index (Phi) is 6.47. The average Bonchev–Trinajstić information content (AvgIpc) is 2.85. The average molecular weight is 418 g/mol. The molecule has 1 heterocycles. The molecule has 31 heavy (non-hydrogen) atoms. The van der Waals surface area contributed by atoms with Crippen molar-refractivity contribution in [2.45, 2.75) is 24.8 Å². The number of hydrogen-bond donors (Lipinski definition) is 0. The van der Waals surface area contributed by atoms with E-state index in [-0.39, 0.29) is 5.41 Å². The normalized spacial score (nSPS) is 16.0. The van der Waals surface area contributed by atoms with Gasteiger partial charge in [-0.25, -0.2) is 0 Å². The van der Waals surface area contributed by atoms with Gasteiger partial charge in [0.05, 0.1) is 21.3 Å². The van der Waals surface area contributed by atoms with Crippen LogP contribution in [0.3, 0.4) is 0 Å². The summed E-state index contributed by atoms with van der Waals surface area (Å²) in [6, 6.07) is 26.0. The number of piperidine rings is 1. The monoisotopic (exact) mass is 417 g/mol. The molecule has 4 heteroatoms. The maximum absolute atomic E-state index is 5.53. The van der Waals surface area contributed by atoms with Crippen LogP contribution in [0.2, 0.25) is 0 Å². The van der Waals surface area contributed by atoms with Crippen molar-refractivity contribution >= 4 is 0 Å². The van der Waals surface area contributed by atoms with Gasteiger partial charge in [0.15, 0.2) is 11.5 Å². The van der Waals surface area contributed by atoms with E-state index in [1.165, 1.54) is 16.7 Å². The van der Waals surface area contributed by atoms with Crippen LogP contribution in [0.5, 0.6) is 17.2 Å². The summed E-state index contributed by atoms with van der Waals surface area (Å²) in [5.41, 5.74) is 4.05. The molecule has 1 aliphatic rings. The number of ether oxygens (including phenoxy) is 3. The first kappa shape index (κ1) is 21.3. The Labute approximate surface area is 185 Å². The van der Waals surface area contributed by atoms with Crippen LogP contribution in [0.4, 0.5) is 0 Å². The predicted octanol–water partition coefficient (Wildman–Crippen LogP) is 5.29. The van der Waals surface area contributed by atoms with E-state index in [0.29, 0.717) is 17.2 Å². The maximum Gasteiger partial charge on any atom is 0.203 e. The summed E-state index contributed by atoms with van der Waals surface area (Å²) in [5, 5.41) is 0. The van der Waals surface area contributed by atoms with Gasteiger partial charge in [-0.3, -0.25) is 4.90 Å². The number of nitrogens with zero attached hydrogens (tertiary/aromatic N) is 1. The molecular weight excluding hydrogens is 386 g/mol. The summed E-state index contributed by atoms with van der Waals surface area (Å²) >= 11 is 0. The highest BCUT2D eigenvalue weighted by Crippen LogP contribution is 2.43. The molecule has 1 fully saturated rings. The van der Waals surface area contributed by atoms with E-state index in [0.717, 1.165) is 32.5 Å². The Bertz CT molecular complexity index is 913. The highest BCUT2D eigenvalue weighted by atomic mass is 16.5. The number of likely N-dealkylation sites (tertiary alicyclic amines) is 1. The van der Waals surface area contributed by atoms with Gasteiger partial charge in [-0.2, -0.15) is 0 Å². The molecule has 0 aromatic heterocycles. The van der Waals surface area contributed by atoms with E-state index < -0.39 is 0 Å². The molecule has 0 aliphatic carbocycles. The lowest BCUT2D eigenvalue weighted by Gasteiger charge is -2.43. The van der Waals surface area contributed by atoms with Gasteiger partial charge >= 0.3 is 0 Å². The zero-order valence-electron chi connectivity index (χ0n) is 18.6. The third kappa shape index (κ3) is 4.26. The minimum absolute atomic E-state index is 0.0638. The summed E-state index contributed by atoms with van der Waals surface area (Å²) in [6.07, 6.45) is 2.18. The van der Waals surface area contributed by atoms with Crippen molar-refractivity contribution in [3.05, 3.63) is 89.5 Å². The lowest BCUT2D eigenvalue weighted by atomic mass is 9.68. The van der Waals surface area contributed by atoms with Crippen molar-refractivity contribution in [2.24, 2.45) is 0 Å². The van der Waals surface area contributed by atoms with Gasteiger partial charge < -0.3 is 14.2 Å². The van der Waals surface area contributed by atoms with E-state index in [4.69, 9.17) is 14.2 Å². The van der Waals surface area contributed by atoms with E-state index >= 15 is 0 Å². The molecule has 0 amide bonds. The second-order valence-corrected chi connectivity index (χ2v) is 8.12. The third-order valence-electron chi connectivity index (χ3n) is 6.49. The fourth-order valence-corrected chi connectivity index (χ4v) is 4.84. The van der Waals surface area contributed by atoms with Gasteiger partial charge in [0, 0.05) is 12.0 Å². The van der Waals surface area contributed by atoms with E-state index in [1.54, 1.807) is 21.3 Å². The molecule has 162 valence electrons. The number of rotatable bonds is 7. The van der Waals surface area contributed by atoms with Crippen LogP contribution >= 0.6 is 0 Å². The van der Waals surface area contributed by atoms with E-state index in [1.807, 2.05) is 0 Å². The zero-order valence-corrected chi connectivity index (χ0v) is 18.6. The topological polar surface area (TPSA) is 30.9 Å². The smallest absolute Gasteiger partial charge is 0.203 e. The summed E-state index contributed by atoms with van der Waals surface area (Å²) in [7, 11) is 4.96. The van der Waals surface area contributed by atoms with E-state index in [9.17, 15) is 0 Å². The highest BCUT2D eigenvalue weighted by molar-refractivity contribution is 5.53. The lowest BCUT2D eigenvalue weighted by Crippen LogP contribution is -2.43. The van der Waals surface area contributed by atoms with Crippen LogP contribution in [0.25, 0.3) is 0 Å². The molecule has 0 radical (unpaired) electrons. The minimum atomic E-state index is 0.0638. The Morgan fingerprint density at radius 1 is 0.710 bits per heavy atom. The summed E-state index contributed by atoms with van der Waals surface area (Å²) in [4.78, 5) is 2.52. The first-order valence-electron chi connectivity index (χ1n) is 10.8. The Hall–Kier alpha value is -2.98. The Morgan fingerprint density at radius 2 is 1.19 bits per heavy atom. The molecule has 0 spiro atoms. The SMILES string of the molecule is COc1cc(CN2CCC(c3ccccc3)(c3ccccc3)CC2)cc(OC)c1OC. The van der Waals surface area contributed by atoms with Gasteiger partial charge in [0.2, 0.25) is 5.75 Å². The molecule has 4 nitrogen and oxygen atoms in total. The molecule has 0 atom stereocenters. The van der Waals surface area contributed by atoms with Gasteiger partial charge in [0.1, 0.15) is 0 Å². The quantitative estimate of drug-likeness (QED) is 0.522.